The molecule has 0 aliphatic heterocycles. The zero-order valence-corrected chi connectivity index (χ0v) is 15.8. The highest BCUT2D eigenvalue weighted by atomic mass is 16.3. The van der Waals surface area contributed by atoms with E-state index in [0.717, 1.165) is 34.2 Å². The van der Waals surface area contributed by atoms with E-state index in [1.54, 1.807) is 6.33 Å². The molecule has 0 unspecified atom stereocenters. The number of hydrogen-bond donors (Lipinski definition) is 1. The summed E-state index contributed by atoms with van der Waals surface area (Å²) in [6, 6.07) is 20.9. The van der Waals surface area contributed by atoms with E-state index >= 15 is 0 Å². The number of aryl methyl sites for hydroxylation is 1. The highest BCUT2D eigenvalue weighted by Gasteiger charge is 2.10. The number of oxazole rings is 1. The van der Waals surface area contributed by atoms with E-state index in [1.807, 2.05) is 78.2 Å². The van der Waals surface area contributed by atoms with Crippen molar-refractivity contribution in [3.8, 4) is 5.69 Å². The third-order valence-electron chi connectivity index (χ3n) is 4.85. The number of anilines is 1. The van der Waals surface area contributed by atoms with Gasteiger partial charge in [0.2, 0.25) is 0 Å². The van der Waals surface area contributed by atoms with Crippen LogP contribution in [0.25, 0.3) is 27.8 Å². The van der Waals surface area contributed by atoms with E-state index in [2.05, 4.69) is 15.3 Å². The molecule has 1 amide bonds. The Balaban J connectivity index is 1.37. The molecule has 0 fully saturated rings. The summed E-state index contributed by atoms with van der Waals surface area (Å²) in [5.74, 6) is 0.511. The van der Waals surface area contributed by atoms with E-state index < -0.39 is 0 Å². The average molecular weight is 382 g/mol. The van der Waals surface area contributed by atoms with Gasteiger partial charge in [-0.3, -0.25) is 9.36 Å². The monoisotopic (exact) mass is 382 g/mol. The summed E-state index contributed by atoms with van der Waals surface area (Å²) < 4.78 is 7.61. The zero-order chi connectivity index (χ0) is 19.8. The van der Waals surface area contributed by atoms with Crippen LogP contribution in [0.4, 0.5) is 5.69 Å². The predicted molar refractivity (Wildman–Crippen MR) is 112 cm³/mol. The van der Waals surface area contributed by atoms with Crippen molar-refractivity contribution >= 4 is 33.7 Å². The van der Waals surface area contributed by atoms with Crippen LogP contribution in [-0.2, 0) is 6.42 Å². The van der Waals surface area contributed by atoms with Crippen LogP contribution in [0.5, 0.6) is 0 Å². The third-order valence-corrected chi connectivity index (χ3v) is 4.85. The molecule has 0 aliphatic rings. The first kappa shape index (κ1) is 17.2. The molecular weight excluding hydrogens is 364 g/mol. The average Bonchev–Trinajstić information content (AvgIpc) is 3.37. The minimum atomic E-state index is -0.175. The molecular formula is C23H18N4O2. The molecule has 0 saturated heterocycles. The first-order chi connectivity index (χ1) is 14.2. The molecule has 6 nitrogen and oxygen atoms in total. The van der Waals surface area contributed by atoms with Gasteiger partial charge in [-0.05, 0) is 54.6 Å². The van der Waals surface area contributed by atoms with Gasteiger partial charge in [-0.15, -0.1) is 0 Å². The summed E-state index contributed by atoms with van der Waals surface area (Å²) in [6.45, 7) is 1.99. The van der Waals surface area contributed by atoms with Crippen LogP contribution in [0, 0.1) is 0 Å². The van der Waals surface area contributed by atoms with Crippen LogP contribution in [0.1, 0.15) is 23.2 Å². The first-order valence-corrected chi connectivity index (χ1v) is 9.44. The summed E-state index contributed by atoms with van der Waals surface area (Å²) in [5.41, 5.74) is 5.63. The quantitative estimate of drug-likeness (QED) is 0.476. The third kappa shape index (κ3) is 3.14. The molecule has 29 heavy (non-hydrogen) atoms. The van der Waals surface area contributed by atoms with Gasteiger partial charge in [0.1, 0.15) is 11.8 Å². The maximum absolute atomic E-state index is 12.6. The molecule has 5 rings (SSSR count). The lowest BCUT2D eigenvalue weighted by Crippen LogP contribution is -2.11. The minimum Gasteiger partial charge on any atom is -0.441 e. The Kier molecular flexibility index (Phi) is 4.09. The lowest BCUT2D eigenvalue weighted by molar-refractivity contribution is 0.102. The van der Waals surface area contributed by atoms with Gasteiger partial charge in [-0.1, -0.05) is 19.1 Å². The van der Waals surface area contributed by atoms with Crippen LogP contribution in [0.15, 0.2) is 77.5 Å². The first-order valence-electron chi connectivity index (χ1n) is 9.44. The second kappa shape index (κ2) is 6.91. The number of hydrogen-bond acceptors (Lipinski definition) is 4. The topological polar surface area (TPSA) is 73.0 Å². The van der Waals surface area contributed by atoms with Crippen LogP contribution in [-0.4, -0.2) is 20.4 Å². The molecule has 0 radical (unpaired) electrons. The lowest BCUT2D eigenvalue weighted by Gasteiger charge is -2.07. The zero-order valence-electron chi connectivity index (χ0n) is 15.8. The van der Waals surface area contributed by atoms with E-state index in [4.69, 9.17) is 4.42 Å². The molecule has 0 atom stereocenters. The second-order valence-corrected chi connectivity index (χ2v) is 6.75. The fourth-order valence-corrected chi connectivity index (χ4v) is 3.35. The fourth-order valence-electron chi connectivity index (χ4n) is 3.35. The maximum Gasteiger partial charge on any atom is 0.255 e. The number of nitrogens with one attached hydrogen (secondary N) is 1. The SMILES string of the molecule is CCc1nc2cc(NC(=O)c3ccc(-n4cnc5ccccc54)cc3)ccc2o1. The number of amides is 1. The fraction of sp³-hybridized carbons (Fsp3) is 0.0870. The highest BCUT2D eigenvalue weighted by Crippen LogP contribution is 2.22. The number of benzene rings is 3. The van der Waals surface area contributed by atoms with E-state index in [0.29, 0.717) is 17.1 Å². The Hall–Kier alpha value is -3.93. The van der Waals surface area contributed by atoms with Crippen LogP contribution in [0.3, 0.4) is 0 Å². The van der Waals surface area contributed by atoms with Crippen molar-refractivity contribution in [2.24, 2.45) is 0 Å². The number of imidazole rings is 1. The molecule has 0 bridgehead atoms. The van der Waals surface area contributed by atoms with Crippen molar-refractivity contribution in [2.75, 3.05) is 5.32 Å². The Morgan fingerprint density at radius 1 is 1.03 bits per heavy atom. The number of rotatable bonds is 4. The summed E-state index contributed by atoms with van der Waals surface area (Å²) >= 11 is 0. The largest absolute Gasteiger partial charge is 0.441 e. The van der Waals surface area contributed by atoms with Crippen LogP contribution in [0.2, 0.25) is 0 Å². The Morgan fingerprint density at radius 3 is 2.69 bits per heavy atom. The predicted octanol–water partition coefficient (Wildman–Crippen LogP) is 4.98. The second-order valence-electron chi connectivity index (χ2n) is 6.75. The molecule has 0 saturated carbocycles. The molecule has 0 spiro atoms. The van der Waals surface area contributed by atoms with Crippen molar-refractivity contribution < 1.29 is 9.21 Å². The number of aromatic nitrogens is 3. The number of fused-ring (bicyclic) bond motifs is 2. The van der Waals surface area contributed by atoms with Crippen molar-refractivity contribution in [1.82, 2.24) is 14.5 Å². The molecule has 3 aromatic carbocycles. The van der Waals surface area contributed by atoms with Gasteiger partial charge in [0.05, 0.1) is 11.0 Å². The molecule has 2 aromatic heterocycles. The Labute approximate surface area is 166 Å². The van der Waals surface area contributed by atoms with Gasteiger partial charge in [-0.25, -0.2) is 9.97 Å². The smallest absolute Gasteiger partial charge is 0.255 e. The van der Waals surface area contributed by atoms with Crippen molar-refractivity contribution in [3.05, 3.63) is 84.5 Å². The minimum absolute atomic E-state index is 0.175. The normalized spacial score (nSPS) is 11.2. The number of nitrogens with zero attached hydrogens (tertiary/aromatic N) is 3. The van der Waals surface area contributed by atoms with E-state index in [-0.39, 0.29) is 5.91 Å². The van der Waals surface area contributed by atoms with Crippen molar-refractivity contribution in [1.29, 1.82) is 0 Å². The molecule has 2 heterocycles. The van der Waals surface area contributed by atoms with Crippen molar-refractivity contribution in [3.63, 3.8) is 0 Å². The Morgan fingerprint density at radius 2 is 1.86 bits per heavy atom. The van der Waals surface area contributed by atoms with Crippen LogP contribution < -0.4 is 5.32 Å². The van der Waals surface area contributed by atoms with E-state index in [9.17, 15) is 4.79 Å². The molecule has 0 aliphatic carbocycles. The lowest BCUT2D eigenvalue weighted by atomic mass is 10.2. The summed E-state index contributed by atoms with van der Waals surface area (Å²) in [7, 11) is 0. The molecule has 5 aromatic rings. The van der Waals surface area contributed by atoms with Gasteiger partial charge in [0.25, 0.3) is 5.91 Å². The van der Waals surface area contributed by atoms with Gasteiger partial charge in [-0.2, -0.15) is 0 Å². The molecule has 1 N–H and O–H groups in total. The maximum atomic E-state index is 12.6. The van der Waals surface area contributed by atoms with Gasteiger partial charge < -0.3 is 9.73 Å². The number of carbonyl (C=O) groups excluding carboxylic acids is 1. The van der Waals surface area contributed by atoms with Crippen molar-refractivity contribution in [2.45, 2.75) is 13.3 Å². The van der Waals surface area contributed by atoms with Crippen LogP contribution >= 0.6 is 0 Å². The summed E-state index contributed by atoms with van der Waals surface area (Å²) in [4.78, 5) is 21.5. The molecule has 142 valence electrons. The standard InChI is InChI=1S/C23H18N4O2/c1-2-22-26-19-13-16(9-12-21(19)29-22)25-23(28)15-7-10-17(11-8-15)27-14-24-18-5-3-4-6-20(18)27/h3-14H,2H2,1H3,(H,25,28). The van der Waals surface area contributed by atoms with Gasteiger partial charge in [0.15, 0.2) is 11.5 Å². The van der Waals surface area contributed by atoms with E-state index in [1.165, 1.54) is 0 Å². The molecule has 6 heteroatoms. The number of carbonyl (C=O) groups is 1. The van der Waals surface area contributed by atoms with Gasteiger partial charge >= 0.3 is 0 Å². The Bertz CT molecular complexity index is 1330. The van der Waals surface area contributed by atoms with Gasteiger partial charge in [0, 0.05) is 23.4 Å². The summed E-state index contributed by atoms with van der Waals surface area (Å²) in [6.07, 6.45) is 2.52. The highest BCUT2D eigenvalue weighted by molar-refractivity contribution is 6.05. The number of para-hydroxylation sites is 2. The summed E-state index contributed by atoms with van der Waals surface area (Å²) in [5, 5.41) is 2.92.